The first kappa shape index (κ1) is 34.5. The van der Waals surface area contributed by atoms with Gasteiger partial charge in [0, 0.05) is 28.2 Å². The fraction of sp³-hybridized carbons (Fsp3) is 0.310. The van der Waals surface area contributed by atoms with E-state index >= 15 is 0 Å². The number of hydrogen-bond donors (Lipinski definition) is 1. The van der Waals surface area contributed by atoms with Crippen LogP contribution in [0.4, 0.5) is 18.9 Å². The third-order valence-electron chi connectivity index (χ3n) is 6.71. The van der Waals surface area contributed by atoms with E-state index in [0.717, 1.165) is 11.0 Å². The van der Waals surface area contributed by atoms with Crippen LogP contribution in [0.2, 0.25) is 15.1 Å². The normalized spacial score (nSPS) is 13.2. The molecule has 0 aromatic heterocycles. The highest BCUT2D eigenvalue weighted by atomic mass is 35.5. The summed E-state index contributed by atoms with van der Waals surface area (Å²) in [5, 5.41) is 2.81. The van der Waals surface area contributed by atoms with Crippen LogP contribution in [0.1, 0.15) is 38.3 Å². The number of carbonyl (C=O) groups excluding carboxylic acids is 2. The first-order chi connectivity index (χ1) is 20.1. The Balaban J connectivity index is 2.16. The van der Waals surface area contributed by atoms with Crippen LogP contribution in [0, 0.1) is 0 Å². The molecule has 2 amide bonds. The molecular weight excluding hydrogens is 650 g/mol. The monoisotopic (exact) mass is 677 g/mol. The van der Waals surface area contributed by atoms with E-state index in [1.54, 1.807) is 19.1 Å². The summed E-state index contributed by atoms with van der Waals surface area (Å²) in [4.78, 5) is 27.9. The van der Waals surface area contributed by atoms with Crippen molar-refractivity contribution >= 4 is 62.3 Å². The molecule has 1 N–H and O–H groups in total. The zero-order valence-corrected chi connectivity index (χ0v) is 26.4. The summed E-state index contributed by atoms with van der Waals surface area (Å²) in [5.41, 5.74) is -1.45. The molecule has 0 spiro atoms. The summed E-state index contributed by atoms with van der Waals surface area (Å²) in [6.45, 7) is 3.76. The maximum Gasteiger partial charge on any atom is 0.416 e. The second-order valence-electron chi connectivity index (χ2n) is 9.70. The van der Waals surface area contributed by atoms with Crippen molar-refractivity contribution in [1.82, 2.24) is 10.2 Å². The van der Waals surface area contributed by atoms with Gasteiger partial charge >= 0.3 is 6.18 Å². The largest absolute Gasteiger partial charge is 0.416 e. The van der Waals surface area contributed by atoms with E-state index in [1.165, 1.54) is 43.3 Å². The number of carbonyl (C=O) groups is 2. The van der Waals surface area contributed by atoms with Crippen LogP contribution in [0.15, 0.2) is 71.6 Å². The number of rotatable bonds is 11. The number of alkyl halides is 3. The molecule has 0 saturated carbocycles. The predicted octanol–water partition coefficient (Wildman–Crippen LogP) is 7.19. The minimum absolute atomic E-state index is 0.189. The zero-order chi connectivity index (χ0) is 32.1. The highest BCUT2D eigenvalue weighted by Gasteiger charge is 2.36. The molecule has 0 unspecified atom stereocenters. The number of hydrogen-bond acceptors (Lipinski definition) is 4. The van der Waals surface area contributed by atoms with Crippen molar-refractivity contribution in [2.75, 3.05) is 10.8 Å². The van der Waals surface area contributed by atoms with Gasteiger partial charge in [-0.2, -0.15) is 13.2 Å². The van der Waals surface area contributed by atoms with Crippen LogP contribution in [-0.4, -0.2) is 43.8 Å². The standard InChI is InChI=1S/C29H29Cl3F3N3O4S/c1-4-18(2)36-28(40)19(3)37(16-22-23(30)11-8-12-24(22)31)27(39)17-38(43(41,42)21-9-6-5-7-10-21)26-15-20(29(33,34)35)13-14-25(26)32/h5-15,18-19H,4,16-17H2,1-3H3,(H,36,40)/t18-,19+/m1/s1. The molecule has 3 rings (SSSR count). The van der Waals surface area contributed by atoms with Crippen molar-refractivity contribution in [2.24, 2.45) is 0 Å². The molecule has 0 aliphatic carbocycles. The van der Waals surface area contributed by atoms with Crippen molar-refractivity contribution in [3.05, 3.63) is 92.9 Å². The average Bonchev–Trinajstić information content (AvgIpc) is 2.95. The van der Waals surface area contributed by atoms with Gasteiger partial charge in [-0.1, -0.05) is 66.0 Å². The molecular formula is C29H29Cl3F3N3O4S. The van der Waals surface area contributed by atoms with Crippen LogP contribution < -0.4 is 9.62 Å². The molecule has 7 nitrogen and oxygen atoms in total. The van der Waals surface area contributed by atoms with Gasteiger partial charge in [0.2, 0.25) is 11.8 Å². The lowest BCUT2D eigenvalue weighted by Gasteiger charge is -2.33. The first-order valence-electron chi connectivity index (χ1n) is 13.0. The molecule has 0 heterocycles. The van der Waals surface area contributed by atoms with Gasteiger partial charge in [-0.05, 0) is 62.7 Å². The van der Waals surface area contributed by atoms with Gasteiger partial charge in [-0.3, -0.25) is 13.9 Å². The minimum Gasteiger partial charge on any atom is -0.352 e. The summed E-state index contributed by atoms with van der Waals surface area (Å²) >= 11 is 19.0. The second kappa shape index (κ2) is 14.2. The van der Waals surface area contributed by atoms with Crippen molar-refractivity contribution in [2.45, 2.75) is 56.9 Å². The summed E-state index contributed by atoms with van der Waals surface area (Å²) < 4.78 is 69.2. The third-order valence-corrected chi connectivity index (χ3v) is 9.51. The highest BCUT2D eigenvalue weighted by molar-refractivity contribution is 7.92. The fourth-order valence-electron chi connectivity index (χ4n) is 4.02. The van der Waals surface area contributed by atoms with E-state index < -0.39 is 51.9 Å². The SMILES string of the molecule is CC[C@@H](C)NC(=O)[C@H](C)N(Cc1c(Cl)cccc1Cl)C(=O)CN(c1cc(C(F)(F)F)ccc1Cl)S(=O)(=O)c1ccccc1. The third kappa shape index (κ3) is 8.35. The molecule has 2 atom stereocenters. The molecule has 3 aromatic rings. The first-order valence-corrected chi connectivity index (χ1v) is 15.6. The Morgan fingerprint density at radius 1 is 0.907 bits per heavy atom. The molecule has 0 bridgehead atoms. The quantitative estimate of drug-likeness (QED) is 0.233. The van der Waals surface area contributed by atoms with E-state index in [4.69, 9.17) is 34.8 Å². The van der Waals surface area contributed by atoms with E-state index in [0.29, 0.717) is 22.9 Å². The highest BCUT2D eigenvalue weighted by Crippen LogP contribution is 2.37. The smallest absolute Gasteiger partial charge is 0.352 e. The topological polar surface area (TPSA) is 86.8 Å². The van der Waals surface area contributed by atoms with E-state index in [9.17, 15) is 31.2 Å². The van der Waals surface area contributed by atoms with E-state index in [1.807, 2.05) is 6.92 Å². The Morgan fingerprint density at radius 3 is 2.07 bits per heavy atom. The van der Waals surface area contributed by atoms with E-state index in [2.05, 4.69) is 5.32 Å². The second-order valence-corrected chi connectivity index (χ2v) is 12.8. The van der Waals surface area contributed by atoms with Crippen LogP contribution in [-0.2, 0) is 32.3 Å². The lowest BCUT2D eigenvalue weighted by Crippen LogP contribution is -2.52. The van der Waals surface area contributed by atoms with Crippen LogP contribution in [0.25, 0.3) is 0 Å². The number of sulfonamides is 1. The lowest BCUT2D eigenvalue weighted by molar-refractivity contribution is -0.139. The van der Waals surface area contributed by atoms with Gasteiger partial charge in [0.05, 0.1) is 21.2 Å². The van der Waals surface area contributed by atoms with E-state index in [-0.39, 0.29) is 38.1 Å². The lowest BCUT2D eigenvalue weighted by atomic mass is 10.1. The van der Waals surface area contributed by atoms with Gasteiger partial charge < -0.3 is 10.2 Å². The van der Waals surface area contributed by atoms with Crippen LogP contribution in [0.3, 0.4) is 0 Å². The summed E-state index contributed by atoms with van der Waals surface area (Å²) in [6.07, 6.45) is -4.24. The molecule has 232 valence electrons. The number of halogens is 6. The summed E-state index contributed by atoms with van der Waals surface area (Å²) in [6, 6.07) is 12.3. The molecule has 14 heteroatoms. The average molecular weight is 679 g/mol. The van der Waals surface area contributed by atoms with Gasteiger partial charge in [-0.25, -0.2) is 8.42 Å². The van der Waals surface area contributed by atoms with Gasteiger partial charge in [0.1, 0.15) is 12.6 Å². The maximum absolute atomic E-state index is 14.0. The van der Waals surface area contributed by atoms with Gasteiger partial charge in [-0.15, -0.1) is 0 Å². The predicted molar refractivity (Wildman–Crippen MR) is 162 cm³/mol. The Hall–Kier alpha value is -2.99. The molecule has 43 heavy (non-hydrogen) atoms. The number of benzene rings is 3. The van der Waals surface area contributed by atoms with Crippen LogP contribution >= 0.6 is 34.8 Å². The van der Waals surface area contributed by atoms with Gasteiger partial charge in [0.15, 0.2) is 0 Å². The molecule has 0 radical (unpaired) electrons. The summed E-state index contributed by atoms with van der Waals surface area (Å²) in [5.74, 6) is -1.46. The van der Waals surface area contributed by atoms with Crippen molar-refractivity contribution in [1.29, 1.82) is 0 Å². The maximum atomic E-state index is 14.0. The molecule has 0 saturated heterocycles. The number of nitrogens with zero attached hydrogens (tertiary/aromatic N) is 2. The zero-order valence-electron chi connectivity index (χ0n) is 23.3. The minimum atomic E-state index is -4.83. The fourth-order valence-corrected chi connectivity index (χ4v) is 6.25. The Kier molecular flexibility index (Phi) is 11.4. The Labute approximate surface area is 263 Å². The summed E-state index contributed by atoms with van der Waals surface area (Å²) in [7, 11) is -4.64. The van der Waals surface area contributed by atoms with Gasteiger partial charge in [0.25, 0.3) is 10.0 Å². The molecule has 3 aromatic carbocycles. The number of nitrogens with one attached hydrogen (secondary N) is 1. The van der Waals surface area contributed by atoms with Crippen molar-refractivity contribution < 1.29 is 31.2 Å². The number of anilines is 1. The van der Waals surface area contributed by atoms with Crippen molar-refractivity contribution in [3.63, 3.8) is 0 Å². The van der Waals surface area contributed by atoms with Crippen LogP contribution in [0.5, 0.6) is 0 Å². The van der Waals surface area contributed by atoms with Crippen molar-refractivity contribution in [3.8, 4) is 0 Å². The molecule has 0 fully saturated rings. The number of amides is 2. The molecule has 0 aliphatic rings. The molecule has 0 aliphatic heterocycles. The Morgan fingerprint density at radius 2 is 1.51 bits per heavy atom. The Bertz CT molecular complexity index is 1550.